The third-order valence-electron chi connectivity index (χ3n) is 3.61. The molecule has 1 heterocycles. The van der Waals surface area contributed by atoms with E-state index in [-0.39, 0.29) is 0 Å². The molecule has 17 heavy (non-hydrogen) atoms. The number of hydrogen-bond acceptors (Lipinski definition) is 3. The van der Waals surface area contributed by atoms with Gasteiger partial charge in [0.1, 0.15) is 11.5 Å². The van der Waals surface area contributed by atoms with Gasteiger partial charge in [0.25, 0.3) is 0 Å². The number of rotatable bonds is 5. The Bertz CT molecular complexity index is 340. The van der Waals surface area contributed by atoms with Gasteiger partial charge in [0.15, 0.2) is 0 Å². The van der Waals surface area contributed by atoms with E-state index in [1.165, 1.54) is 32.1 Å². The molecule has 0 radical (unpaired) electrons. The van der Waals surface area contributed by atoms with Crippen LogP contribution in [0.1, 0.15) is 49.2 Å². The summed E-state index contributed by atoms with van der Waals surface area (Å²) < 4.78 is 11.3. The molecule has 0 saturated heterocycles. The summed E-state index contributed by atoms with van der Waals surface area (Å²) >= 11 is 0. The molecule has 1 aromatic heterocycles. The van der Waals surface area contributed by atoms with Crippen LogP contribution in [0.3, 0.4) is 0 Å². The summed E-state index contributed by atoms with van der Waals surface area (Å²) in [4.78, 5) is 0. The first-order valence-electron chi connectivity index (χ1n) is 6.65. The van der Waals surface area contributed by atoms with Crippen molar-refractivity contribution in [2.45, 2.75) is 52.2 Å². The monoisotopic (exact) mass is 237 g/mol. The topological polar surface area (TPSA) is 48.4 Å². The lowest BCUT2D eigenvalue weighted by molar-refractivity contribution is 0.0732. The standard InChI is InChI=1S/C14H23NO2/c1-11-13(7-14(8-15)17-11)10-16-9-12-5-3-2-4-6-12/h7,12H,2-6,8-10,15H2,1H3. The first kappa shape index (κ1) is 12.7. The molecule has 2 rings (SSSR count). The number of hydrogen-bond donors (Lipinski definition) is 1. The normalized spacial score (nSPS) is 17.5. The van der Waals surface area contributed by atoms with Gasteiger partial charge in [0.2, 0.25) is 0 Å². The average Bonchev–Trinajstić information content (AvgIpc) is 2.72. The summed E-state index contributed by atoms with van der Waals surface area (Å²) in [6.07, 6.45) is 6.81. The molecule has 1 aliphatic rings. The van der Waals surface area contributed by atoms with Crippen molar-refractivity contribution in [3.05, 3.63) is 23.2 Å². The highest BCUT2D eigenvalue weighted by atomic mass is 16.5. The molecule has 0 aliphatic heterocycles. The molecule has 3 heteroatoms. The van der Waals surface area contributed by atoms with Gasteiger partial charge in [-0.1, -0.05) is 19.3 Å². The summed E-state index contributed by atoms with van der Waals surface area (Å²) in [5.41, 5.74) is 6.68. The number of furan rings is 1. The Morgan fingerprint density at radius 3 is 2.76 bits per heavy atom. The van der Waals surface area contributed by atoms with Crippen molar-refractivity contribution in [1.82, 2.24) is 0 Å². The minimum atomic E-state index is 0.462. The number of nitrogens with two attached hydrogens (primary N) is 1. The van der Waals surface area contributed by atoms with Crippen LogP contribution in [0.4, 0.5) is 0 Å². The smallest absolute Gasteiger partial charge is 0.118 e. The van der Waals surface area contributed by atoms with Crippen molar-refractivity contribution < 1.29 is 9.15 Å². The number of ether oxygens (including phenoxy) is 1. The molecule has 1 aromatic rings. The van der Waals surface area contributed by atoms with E-state index in [2.05, 4.69) is 0 Å². The second kappa shape index (κ2) is 6.22. The summed E-state index contributed by atoms with van der Waals surface area (Å²) in [6, 6.07) is 2.01. The van der Waals surface area contributed by atoms with E-state index < -0.39 is 0 Å². The first-order chi connectivity index (χ1) is 8.29. The lowest BCUT2D eigenvalue weighted by atomic mass is 9.90. The van der Waals surface area contributed by atoms with Crippen LogP contribution in [0.2, 0.25) is 0 Å². The Kier molecular flexibility index (Phi) is 4.63. The fraction of sp³-hybridized carbons (Fsp3) is 0.714. The molecule has 0 bridgehead atoms. The number of aryl methyl sites for hydroxylation is 1. The third kappa shape index (κ3) is 3.58. The molecule has 2 N–H and O–H groups in total. The highest BCUT2D eigenvalue weighted by Crippen LogP contribution is 2.24. The Labute approximate surface area is 103 Å². The van der Waals surface area contributed by atoms with Crippen LogP contribution in [-0.2, 0) is 17.9 Å². The van der Waals surface area contributed by atoms with Gasteiger partial charge in [-0.05, 0) is 31.7 Å². The molecule has 0 atom stereocenters. The zero-order chi connectivity index (χ0) is 12.1. The maximum atomic E-state index is 5.80. The molecule has 1 aliphatic carbocycles. The first-order valence-corrected chi connectivity index (χ1v) is 6.65. The molecule has 96 valence electrons. The zero-order valence-electron chi connectivity index (χ0n) is 10.7. The van der Waals surface area contributed by atoms with E-state index in [0.29, 0.717) is 13.2 Å². The zero-order valence-corrected chi connectivity index (χ0v) is 10.7. The van der Waals surface area contributed by atoms with E-state index in [1.807, 2.05) is 13.0 Å². The van der Waals surface area contributed by atoms with Crippen LogP contribution in [-0.4, -0.2) is 6.61 Å². The molecule has 1 fully saturated rings. The summed E-state index contributed by atoms with van der Waals surface area (Å²) in [7, 11) is 0. The largest absolute Gasteiger partial charge is 0.465 e. The van der Waals surface area contributed by atoms with E-state index >= 15 is 0 Å². The second-order valence-electron chi connectivity index (χ2n) is 5.02. The van der Waals surface area contributed by atoms with Crippen LogP contribution >= 0.6 is 0 Å². The Morgan fingerprint density at radius 2 is 2.12 bits per heavy atom. The van der Waals surface area contributed by atoms with Crippen molar-refractivity contribution in [2.24, 2.45) is 11.7 Å². The molecule has 3 nitrogen and oxygen atoms in total. The predicted molar refractivity (Wildman–Crippen MR) is 67.6 cm³/mol. The van der Waals surface area contributed by atoms with Crippen molar-refractivity contribution in [3.63, 3.8) is 0 Å². The minimum absolute atomic E-state index is 0.462. The summed E-state index contributed by atoms with van der Waals surface area (Å²) in [6.45, 7) is 3.98. The lowest BCUT2D eigenvalue weighted by Gasteiger charge is -2.21. The van der Waals surface area contributed by atoms with Gasteiger partial charge >= 0.3 is 0 Å². The highest BCUT2D eigenvalue weighted by molar-refractivity contribution is 5.19. The summed E-state index contributed by atoms with van der Waals surface area (Å²) in [5, 5.41) is 0. The molecular formula is C14H23NO2. The van der Waals surface area contributed by atoms with Crippen molar-refractivity contribution >= 4 is 0 Å². The van der Waals surface area contributed by atoms with Crippen molar-refractivity contribution in [3.8, 4) is 0 Å². The molecule has 0 spiro atoms. The quantitative estimate of drug-likeness (QED) is 0.855. The van der Waals surface area contributed by atoms with Crippen LogP contribution in [0.25, 0.3) is 0 Å². The Balaban J connectivity index is 1.75. The SMILES string of the molecule is Cc1oc(CN)cc1COCC1CCCCC1. The maximum absolute atomic E-state index is 5.80. The van der Waals surface area contributed by atoms with Crippen molar-refractivity contribution in [2.75, 3.05) is 6.61 Å². The van der Waals surface area contributed by atoms with E-state index in [4.69, 9.17) is 14.9 Å². The Morgan fingerprint density at radius 1 is 1.35 bits per heavy atom. The van der Waals surface area contributed by atoms with Gasteiger partial charge in [0.05, 0.1) is 13.2 Å². The average molecular weight is 237 g/mol. The fourth-order valence-corrected chi connectivity index (χ4v) is 2.52. The van der Waals surface area contributed by atoms with Gasteiger partial charge in [-0.25, -0.2) is 0 Å². The molecule has 0 aromatic carbocycles. The van der Waals surface area contributed by atoms with Crippen molar-refractivity contribution in [1.29, 1.82) is 0 Å². The molecular weight excluding hydrogens is 214 g/mol. The minimum Gasteiger partial charge on any atom is -0.465 e. The Hall–Kier alpha value is -0.800. The molecule has 0 amide bonds. The van der Waals surface area contributed by atoms with Crippen LogP contribution < -0.4 is 5.73 Å². The lowest BCUT2D eigenvalue weighted by Crippen LogP contribution is -2.13. The van der Waals surface area contributed by atoms with E-state index in [9.17, 15) is 0 Å². The fourth-order valence-electron chi connectivity index (χ4n) is 2.52. The van der Waals surface area contributed by atoms with E-state index in [0.717, 1.165) is 29.6 Å². The van der Waals surface area contributed by atoms with Gasteiger partial charge < -0.3 is 14.9 Å². The van der Waals surface area contributed by atoms with Gasteiger partial charge in [-0.15, -0.1) is 0 Å². The van der Waals surface area contributed by atoms with Crippen LogP contribution in [0, 0.1) is 12.8 Å². The van der Waals surface area contributed by atoms with E-state index in [1.54, 1.807) is 0 Å². The highest BCUT2D eigenvalue weighted by Gasteiger charge is 2.14. The predicted octanol–water partition coefficient (Wildman–Crippen LogP) is 3.14. The summed E-state index contributed by atoms with van der Waals surface area (Å²) in [5.74, 6) is 2.55. The van der Waals surface area contributed by atoms with Crippen LogP contribution in [0.5, 0.6) is 0 Å². The molecule has 0 unspecified atom stereocenters. The maximum Gasteiger partial charge on any atom is 0.118 e. The molecule has 1 saturated carbocycles. The van der Waals surface area contributed by atoms with Gasteiger partial charge in [-0.3, -0.25) is 0 Å². The van der Waals surface area contributed by atoms with Gasteiger partial charge in [-0.2, -0.15) is 0 Å². The van der Waals surface area contributed by atoms with Crippen LogP contribution in [0.15, 0.2) is 10.5 Å². The van der Waals surface area contributed by atoms with Gasteiger partial charge in [0, 0.05) is 12.2 Å². The second-order valence-corrected chi connectivity index (χ2v) is 5.02. The third-order valence-corrected chi connectivity index (χ3v) is 3.61.